The number of carbonyl (C=O) groups is 1. The van der Waals surface area contributed by atoms with Crippen molar-refractivity contribution in [2.75, 3.05) is 0 Å². The number of carbonyl (C=O) groups excluding carboxylic acids is 1. The Kier molecular flexibility index (Phi) is 10.5. The molecule has 0 saturated carbocycles. The van der Waals surface area contributed by atoms with Crippen LogP contribution in [0.2, 0.25) is 0 Å². The number of rotatable bonds is 5. The van der Waals surface area contributed by atoms with Gasteiger partial charge in [0.05, 0.1) is 23.1 Å². The van der Waals surface area contributed by atoms with Crippen LogP contribution < -0.4 is 80.5 Å². The number of ether oxygens (including phenoxy) is 1. The maximum absolute atomic E-state index is 12.6. The molecule has 27 heavy (non-hydrogen) atoms. The van der Waals surface area contributed by atoms with Crippen molar-refractivity contribution in [1.82, 2.24) is 0 Å². The van der Waals surface area contributed by atoms with Gasteiger partial charge in [-0.05, 0) is 35.4 Å². The molecule has 0 heterocycles. The fraction of sp³-hybridized carbons (Fsp3) is 0.0625. The first-order valence-corrected chi connectivity index (χ1v) is 6.80. The summed E-state index contributed by atoms with van der Waals surface area (Å²) in [5.74, 6) is 2.98. The van der Waals surface area contributed by atoms with Crippen LogP contribution in [0.4, 0.5) is 13.2 Å². The Balaban J connectivity index is 0.00000338. The Morgan fingerprint density at radius 1 is 0.963 bits per heavy atom. The average Bonchev–Trinajstić information content (AvgIpc) is 2.59. The van der Waals surface area contributed by atoms with Crippen LogP contribution in [0.3, 0.4) is 0 Å². The van der Waals surface area contributed by atoms with E-state index in [4.69, 9.17) is 16.3 Å². The van der Waals surface area contributed by atoms with Gasteiger partial charge in [-0.25, -0.2) is 0 Å². The molecule has 11 heteroatoms. The van der Waals surface area contributed by atoms with Crippen LogP contribution in [0.5, 0.6) is 5.75 Å². The van der Waals surface area contributed by atoms with Gasteiger partial charge in [0.15, 0.2) is 0 Å². The zero-order chi connectivity index (χ0) is 18.6. The SMILES string of the molecule is N[N-]/C(Oc1ccc(-c2ccc(C(F)(F)F)cc2)cc1)=C(\N)C(=O)[O-].[Na+].[Na+]. The summed E-state index contributed by atoms with van der Waals surface area (Å²) in [5.41, 5.74) is 8.02. The van der Waals surface area contributed by atoms with Gasteiger partial charge < -0.3 is 31.6 Å². The molecule has 2 aromatic carbocycles. The smallest absolute Gasteiger partial charge is 0.593 e. The van der Waals surface area contributed by atoms with E-state index >= 15 is 0 Å². The summed E-state index contributed by atoms with van der Waals surface area (Å²) in [6.45, 7) is 0. The summed E-state index contributed by atoms with van der Waals surface area (Å²) in [6.07, 6.45) is -4.40. The third-order valence-electron chi connectivity index (χ3n) is 3.18. The van der Waals surface area contributed by atoms with E-state index in [1.165, 1.54) is 24.3 Å². The predicted octanol–water partition coefficient (Wildman–Crippen LogP) is -4.12. The van der Waals surface area contributed by atoms with E-state index in [-0.39, 0.29) is 64.9 Å². The Bertz CT molecular complexity index is 795. The third kappa shape index (κ3) is 7.04. The Morgan fingerprint density at radius 2 is 1.41 bits per heavy atom. The molecule has 0 aliphatic heterocycles. The van der Waals surface area contributed by atoms with E-state index in [1.54, 1.807) is 12.1 Å². The summed E-state index contributed by atoms with van der Waals surface area (Å²) < 4.78 is 42.8. The maximum Gasteiger partial charge on any atom is 1.00 e. The molecular formula is C16H12F3N3Na2O3. The number of alkyl halides is 3. The number of benzene rings is 2. The van der Waals surface area contributed by atoms with E-state index in [0.717, 1.165) is 12.1 Å². The van der Waals surface area contributed by atoms with Crippen molar-refractivity contribution >= 4 is 5.97 Å². The monoisotopic (exact) mass is 397 g/mol. The zero-order valence-electron chi connectivity index (χ0n) is 14.6. The number of halogens is 3. The minimum Gasteiger partial charge on any atom is -0.593 e. The molecule has 2 rings (SSSR count). The number of hydrogen-bond acceptors (Lipinski definition) is 5. The second-order valence-corrected chi connectivity index (χ2v) is 4.84. The van der Waals surface area contributed by atoms with Gasteiger partial charge in [-0.3, -0.25) is 0 Å². The Morgan fingerprint density at radius 3 is 1.78 bits per heavy atom. The van der Waals surface area contributed by atoms with Gasteiger partial charge in [0.25, 0.3) is 0 Å². The first-order chi connectivity index (χ1) is 11.7. The van der Waals surface area contributed by atoms with Gasteiger partial charge in [0, 0.05) is 0 Å². The maximum atomic E-state index is 12.6. The van der Waals surface area contributed by atoms with Crippen molar-refractivity contribution in [2.45, 2.75) is 6.18 Å². The van der Waals surface area contributed by atoms with Crippen molar-refractivity contribution in [2.24, 2.45) is 11.6 Å². The second-order valence-electron chi connectivity index (χ2n) is 4.84. The van der Waals surface area contributed by atoms with Crippen molar-refractivity contribution < 1.29 is 86.9 Å². The van der Waals surface area contributed by atoms with Gasteiger partial charge in [-0.1, -0.05) is 24.3 Å². The summed E-state index contributed by atoms with van der Waals surface area (Å²) >= 11 is 0. The molecule has 0 amide bonds. The molecule has 0 bridgehead atoms. The molecule has 2 aromatic rings. The van der Waals surface area contributed by atoms with E-state index in [2.05, 4.69) is 5.43 Å². The van der Waals surface area contributed by atoms with Crippen LogP contribution in [0.1, 0.15) is 5.56 Å². The largest absolute Gasteiger partial charge is 1.00 e. The summed E-state index contributed by atoms with van der Waals surface area (Å²) in [5, 5.41) is 10.7. The molecule has 0 saturated heterocycles. The molecule has 0 aliphatic carbocycles. The van der Waals surface area contributed by atoms with Crippen LogP contribution in [0.25, 0.3) is 16.6 Å². The van der Waals surface area contributed by atoms with Crippen LogP contribution in [0.15, 0.2) is 60.1 Å². The van der Waals surface area contributed by atoms with Crippen molar-refractivity contribution in [3.8, 4) is 16.9 Å². The first-order valence-electron chi connectivity index (χ1n) is 6.80. The average molecular weight is 397 g/mol. The minimum atomic E-state index is -4.40. The molecule has 0 unspecified atom stereocenters. The summed E-state index contributed by atoms with van der Waals surface area (Å²) in [6, 6.07) is 10.7. The molecule has 0 aliphatic rings. The molecule has 0 radical (unpaired) electrons. The van der Waals surface area contributed by atoms with Crippen molar-refractivity contribution in [3.63, 3.8) is 0 Å². The molecule has 132 valence electrons. The molecule has 0 atom stereocenters. The minimum absolute atomic E-state index is 0. The van der Waals surface area contributed by atoms with E-state index in [1.807, 2.05) is 0 Å². The molecule has 0 fully saturated rings. The zero-order valence-corrected chi connectivity index (χ0v) is 18.6. The number of carboxylic acid groups (broad SMARTS) is 1. The summed E-state index contributed by atoms with van der Waals surface area (Å²) in [7, 11) is 0. The number of hydrogen-bond donors (Lipinski definition) is 2. The first kappa shape index (κ1) is 25.8. The molecular weight excluding hydrogens is 385 g/mol. The topological polar surface area (TPSA) is 116 Å². The van der Waals surface area contributed by atoms with Gasteiger partial charge in [0.2, 0.25) is 0 Å². The second kappa shape index (κ2) is 11.0. The normalized spacial score (nSPS) is 11.4. The number of aliphatic carboxylic acids is 1. The number of carboxylic acids is 1. The number of nitrogens with zero attached hydrogens (tertiary/aromatic N) is 1. The fourth-order valence-electron chi connectivity index (χ4n) is 1.92. The molecule has 6 nitrogen and oxygen atoms in total. The molecule has 0 spiro atoms. The fourth-order valence-corrected chi connectivity index (χ4v) is 1.92. The van der Waals surface area contributed by atoms with Crippen molar-refractivity contribution in [3.05, 3.63) is 71.1 Å². The molecule has 0 aromatic heterocycles. The van der Waals surface area contributed by atoms with Crippen LogP contribution in [-0.2, 0) is 11.0 Å². The van der Waals surface area contributed by atoms with Gasteiger partial charge in [-0.2, -0.15) is 13.2 Å². The third-order valence-corrected chi connectivity index (χ3v) is 3.18. The van der Waals surface area contributed by atoms with Gasteiger partial charge in [0.1, 0.15) is 5.75 Å². The standard InChI is InChI=1S/C16H13F3N3O3.2Na/c17-16(18,19)11-5-1-9(2-6-11)10-3-7-12(8-4-10)25-14(22-21)13(20)15(23)24;;/h1-8H,20-21H2,(H,23,24);;/q-1;2*+1/p-1/b14-13+;;. The Labute approximate surface area is 197 Å². The number of nitrogens with two attached hydrogens (primary N) is 2. The van der Waals surface area contributed by atoms with Crippen LogP contribution in [0, 0.1) is 0 Å². The van der Waals surface area contributed by atoms with Gasteiger partial charge in [-0.15, -0.1) is 0 Å². The van der Waals surface area contributed by atoms with Crippen molar-refractivity contribution in [1.29, 1.82) is 0 Å². The predicted molar refractivity (Wildman–Crippen MR) is 81.3 cm³/mol. The quantitative estimate of drug-likeness (QED) is 0.175. The van der Waals surface area contributed by atoms with E-state index in [0.29, 0.717) is 11.1 Å². The van der Waals surface area contributed by atoms with Crippen LogP contribution >= 0.6 is 0 Å². The van der Waals surface area contributed by atoms with Gasteiger partial charge >= 0.3 is 65.3 Å². The van der Waals surface area contributed by atoms with E-state index in [9.17, 15) is 23.1 Å². The van der Waals surface area contributed by atoms with Crippen LogP contribution in [-0.4, -0.2) is 5.97 Å². The summed E-state index contributed by atoms with van der Waals surface area (Å²) in [4.78, 5) is 10.7. The molecule has 4 N–H and O–H groups in total. The van der Waals surface area contributed by atoms with E-state index < -0.39 is 29.3 Å². The Hall–Kier alpha value is -1.20.